The van der Waals surface area contributed by atoms with Crippen molar-refractivity contribution in [3.8, 4) is 0 Å². The number of rotatable bonds is 4. The van der Waals surface area contributed by atoms with Crippen LogP contribution < -0.4 is 9.80 Å². The minimum Gasteiger partial charge on any atom is -0.391 e. The van der Waals surface area contributed by atoms with Gasteiger partial charge in [-0.2, -0.15) is 0 Å². The Balaban J connectivity index is 1.56. The molecule has 7 heteroatoms. The molecule has 1 N–H and O–H groups in total. The molecule has 2 aromatic rings. The van der Waals surface area contributed by atoms with Crippen LogP contribution in [0.5, 0.6) is 0 Å². The smallest absolute Gasteiger partial charge is 0.134 e. The van der Waals surface area contributed by atoms with Crippen LogP contribution in [0.4, 0.5) is 11.6 Å². The highest BCUT2D eigenvalue weighted by atomic mass is 35.5. The number of hydrogen-bond acceptors (Lipinski definition) is 6. The van der Waals surface area contributed by atoms with Gasteiger partial charge in [-0.1, -0.05) is 17.7 Å². The van der Waals surface area contributed by atoms with Gasteiger partial charge in [0.2, 0.25) is 0 Å². The van der Waals surface area contributed by atoms with Crippen LogP contribution in [0.1, 0.15) is 17.5 Å². The highest BCUT2D eigenvalue weighted by Crippen LogP contribution is 2.31. The lowest BCUT2D eigenvalue weighted by Gasteiger charge is -2.28. The van der Waals surface area contributed by atoms with Crippen molar-refractivity contribution >= 4 is 23.2 Å². The highest BCUT2D eigenvalue weighted by molar-refractivity contribution is 6.30. The van der Waals surface area contributed by atoms with Crippen LogP contribution >= 0.6 is 11.6 Å². The maximum Gasteiger partial charge on any atom is 0.134 e. The van der Waals surface area contributed by atoms with Gasteiger partial charge in [0.1, 0.15) is 18.0 Å². The molecule has 0 amide bonds. The standard InChI is InChI=1S/C19H24ClN5O/c1-23(2)10-16-6-17(26)11-25(16)19-7-18(21-12-22-19)24-8-13-3-4-15(20)5-14(13)9-24/h3-5,7,12,16-17,26H,6,8-11H2,1-2H3/t16-,17-/m1/s1. The van der Waals surface area contributed by atoms with Crippen molar-refractivity contribution < 1.29 is 5.11 Å². The van der Waals surface area contributed by atoms with Gasteiger partial charge >= 0.3 is 0 Å². The average Bonchev–Trinajstić information content (AvgIpc) is 3.17. The molecule has 4 rings (SSSR count). The van der Waals surface area contributed by atoms with Crippen molar-refractivity contribution in [2.45, 2.75) is 31.7 Å². The highest BCUT2D eigenvalue weighted by Gasteiger charge is 2.32. The van der Waals surface area contributed by atoms with E-state index in [0.717, 1.165) is 42.7 Å². The molecule has 1 aromatic carbocycles. The third kappa shape index (κ3) is 3.49. The van der Waals surface area contributed by atoms with Gasteiger partial charge in [-0.3, -0.25) is 0 Å². The summed E-state index contributed by atoms with van der Waals surface area (Å²) in [6.45, 7) is 3.14. The molecule has 2 aliphatic rings. The van der Waals surface area contributed by atoms with Crippen molar-refractivity contribution in [3.05, 3.63) is 46.7 Å². The van der Waals surface area contributed by atoms with Gasteiger partial charge in [-0.05, 0) is 43.8 Å². The second kappa shape index (κ2) is 7.02. The predicted molar refractivity (Wildman–Crippen MR) is 104 cm³/mol. The van der Waals surface area contributed by atoms with Gasteiger partial charge in [-0.25, -0.2) is 9.97 Å². The number of anilines is 2. The van der Waals surface area contributed by atoms with Gasteiger partial charge < -0.3 is 19.8 Å². The number of β-amino-alcohol motifs (C(OH)–C–C–N with tert-alkyl or cyclic N) is 1. The third-order valence-corrected chi connectivity index (χ3v) is 5.35. The normalized spacial score (nSPS) is 22.3. The minimum atomic E-state index is -0.309. The summed E-state index contributed by atoms with van der Waals surface area (Å²) in [4.78, 5) is 15.6. The van der Waals surface area contributed by atoms with Crippen LogP contribution in [0.25, 0.3) is 0 Å². The fraction of sp³-hybridized carbons (Fsp3) is 0.474. The van der Waals surface area contributed by atoms with E-state index in [4.69, 9.17) is 11.6 Å². The van der Waals surface area contributed by atoms with Crippen LogP contribution in [0.3, 0.4) is 0 Å². The largest absolute Gasteiger partial charge is 0.391 e. The second-order valence-electron chi connectivity index (χ2n) is 7.46. The van der Waals surface area contributed by atoms with Crippen LogP contribution in [0.15, 0.2) is 30.6 Å². The van der Waals surface area contributed by atoms with E-state index in [1.807, 2.05) is 18.2 Å². The van der Waals surface area contributed by atoms with E-state index in [-0.39, 0.29) is 12.1 Å². The average molecular weight is 374 g/mol. The number of halogens is 1. The van der Waals surface area contributed by atoms with Gasteiger partial charge in [0.15, 0.2) is 0 Å². The third-order valence-electron chi connectivity index (χ3n) is 5.12. The second-order valence-corrected chi connectivity index (χ2v) is 7.90. The Morgan fingerprint density at radius 2 is 1.92 bits per heavy atom. The first-order valence-electron chi connectivity index (χ1n) is 8.93. The molecular formula is C19H24ClN5O. The first kappa shape index (κ1) is 17.5. The SMILES string of the molecule is CN(C)C[C@H]1C[C@@H](O)CN1c1cc(N2Cc3ccc(Cl)cc3C2)ncn1. The molecule has 1 fully saturated rings. The molecule has 2 atom stereocenters. The molecule has 0 unspecified atom stereocenters. The van der Waals surface area contributed by atoms with Crippen molar-refractivity contribution in [1.29, 1.82) is 0 Å². The molecule has 0 aliphatic carbocycles. The quantitative estimate of drug-likeness (QED) is 0.886. The predicted octanol–water partition coefficient (Wildman–Crippen LogP) is 2.15. The van der Waals surface area contributed by atoms with Crippen LogP contribution in [0.2, 0.25) is 5.02 Å². The maximum atomic E-state index is 10.1. The molecule has 2 aliphatic heterocycles. The molecule has 26 heavy (non-hydrogen) atoms. The Bertz CT molecular complexity index is 799. The monoisotopic (exact) mass is 373 g/mol. The van der Waals surface area contributed by atoms with E-state index >= 15 is 0 Å². The van der Waals surface area contributed by atoms with Crippen LogP contribution in [0, 0.1) is 0 Å². The van der Waals surface area contributed by atoms with Crippen molar-refractivity contribution in [3.63, 3.8) is 0 Å². The first-order chi connectivity index (χ1) is 12.5. The summed E-state index contributed by atoms with van der Waals surface area (Å²) in [6, 6.07) is 8.35. The number of likely N-dealkylation sites (N-methyl/N-ethyl adjacent to an activating group) is 1. The Morgan fingerprint density at radius 1 is 1.15 bits per heavy atom. The van der Waals surface area contributed by atoms with Crippen LogP contribution in [-0.4, -0.2) is 59.3 Å². The molecule has 1 saturated heterocycles. The minimum absolute atomic E-state index is 0.261. The summed E-state index contributed by atoms with van der Waals surface area (Å²) < 4.78 is 0. The number of aliphatic hydroxyl groups is 1. The number of hydrogen-bond donors (Lipinski definition) is 1. The zero-order valence-corrected chi connectivity index (χ0v) is 15.9. The Morgan fingerprint density at radius 3 is 2.73 bits per heavy atom. The molecule has 0 radical (unpaired) electrons. The molecule has 3 heterocycles. The summed E-state index contributed by atoms with van der Waals surface area (Å²) in [7, 11) is 4.11. The topological polar surface area (TPSA) is 55.7 Å². The number of nitrogens with zero attached hydrogens (tertiary/aromatic N) is 5. The van der Waals surface area contributed by atoms with E-state index < -0.39 is 0 Å². The number of fused-ring (bicyclic) bond motifs is 1. The number of benzene rings is 1. The van der Waals surface area contributed by atoms with E-state index in [1.54, 1.807) is 6.33 Å². The lowest BCUT2D eigenvalue weighted by Crippen LogP contribution is -2.38. The van der Waals surface area contributed by atoms with Crippen molar-refractivity contribution in [2.24, 2.45) is 0 Å². The van der Waals surface area contributed by atoms with Gasteiger partial charge in [0, 0.05) is 43.3 Å². The number of aromatic nitrogens is 2. The van der Waals surface area contributed by atoms with Crippen molar-refractivity contribution in [2.75, 3.05) is 37.0 Å². The molecule has 0 saturated carbocycles. The van der Waals surface area contributed by atoms with Crippen LogP contribution in [-0.2, 0) is 13.1 Å². The Kier molecular flexibility index (Phi) is 4.73. The molecule has 0 bridgehead atoms. The van der Waals surface area contributed by atoms with Gasteiger partial charge in [0.05, 0.1) is 6.10 Å². The molecule has 6 nitrogen and oxygen atoms in total. The summed E-state index contributed by atoms with van der Waals surface area (Å²) in [6.07, 6.45) is 2.08. The lowest BCUT2D eigenvalue weighted by molar-refractivity contribution is 0.191. The Hall–Kier alpha value is -1.89. The summed E-state index contributed by atoms with van der Waals surface area (Å²) in [5.74, 6) is 1.79. The fourth-order valence-corrected chi connectivity index (χ4v) is 4.15. The molecule has 1 aromatic heterocycles. The first-order valence-corrected chi connectivity index (χ1v) is 9.31. The maximum absolute atomic E-state index is 10.1. The zero-order valence-electron chi connectivity index (χ0n) is 15.1. The number of aliphatic hydroxyl groups excluding tert-OH is 1. The van der Waals surface area contributed by atoms with E-state index in [2.05, 4.69) is 44.8 Å². The molecule has 138 valence electrons. The van der Waals surface area contributed by atoms with E-state index in [1.165, 1.54) is 11.1 Å². The van der Waals surface area contributed by atoms with Gasteiger partial charge in [-0.15, -0.1) is 0 Å². The van der Waals surface area contributed by atoms with E-state index in [9.17, 15) is 5.11 Å². The molecular weight excluding hydrogens is 350 g/mol. The van der Waals surface area contributed by atoms with Gasteiger partial charge in [0.25, 0.3) is 0 Å². The molecule has 0 spiro atoms. The Labute approximate surface area is 159 Å². The fourth-order valence-electron chi connectivity index (χ4n) is 3.96. The summed E-state index contributed by atoms with van der Waals surface area (Å²) in [5, 5.41) is 10.9. The zero-order chi connectivity index (χ0) is 18.3. The summed E-state index contributed by atoms with van der Waals surface area (Å²) in [5.41, 5.74) is 2.54. The summed E-state index contributed by atoms with van der Waals surface area (Å²) >= 11 is 6.12. The lowest BCUT2D eigenvalue weighted by atomic mass is 10.1. The van der Waals surface area contributed by atoms with Crippen molar-refractivity contribution in [1.82, 2.24) is 14.9 Å². The van der Waals surface area contributed by atoms with E-state index in [0.29, 0.717) is 6.54 Å².